The molecule has 9 nitrogen and oxygen atoms in total. The Morgan fingerprint density at radius 3 is 2.67 bits per heavy atom. The molecule has 2 amide bonds. The number of hydrogen-bond donors (Lipinski definition) is 0. The third-order valence-corrected chi connectivity index (χ3v) is 6.48. The van der Waals surface area contributed by atoms with E-state index in [1.54, 1.807) is 22.9 Å². The van der Waals surface area contributed by atoms with Gasteiger partial charge in [0.05, 0.1) is 26.5 Å². The van der Waals surface area contributed by atoms with Crippen molar-refractivity contribution >= 4 is 11.8 Å². The Hall–Kier alpha value is -2.94. The molecule has 2 aromatic rings. The molecule has 0 N–H and O–H groups in total. The zero-order valence-electron chi connectivity index (χ0n) is 19.3. The van der Waals surface area contributed by atoms with Crippen LogP contribution in [0.3, 0.4) is 0 Å². The van der Waals surface area contributed by atoms with Crippen LogP contribution in [0.2, 0.25) is 0 Å². The normalized spacial score (nSPS) is 18.9. The number of nitrogens with zero attached hydrogens (tertiary/aromatic N) is 5. The molecule has 0 aliphatic carbocycles. The number of methoxy groups -OCH3 is 1. The van der Waals surface area contributed by atoms with E-state index in [-0.39, 0.29) is 17.9 Å². The van der Waals surface area contributed by atoms with Crippen LogP contribution in [0.1, 0.15) is 48.2 Å². The van der Waals surface area contributed by atoms with E-state index < -0.39 is 0 Å². The lowest BCUT2D eigenvalue weighted by Gasteiger charge is -2.36. The van der Waals surface area contributed by atoms with Crippen LogP contribution in [-0.4, -0.2) is 82.6 Å². The molecular formula is C24H33N5O4. The monoisotopic (exact) mass is 455 g/mol. The Balaban J connectivity index is 1.29. The summed E-state index contributed by atoms with van der Waals surface area (Å²) in [5.74, 6) is 0.930. The first-order chi connectivity index (χ1) is 16.1. The van der Waals surface area contributed by atoms with Crippen LogP contribution in [0.5, 0.6) is 5.75 Å². The van der Waals surface area contributed by atoms with E-state index in [4.69, 9.17) is 9.47 Å². The number of rotatable bonds is 8. The highest BCUT2D eigenvalue weighted by atomic mass is 16.5. The molecule has 2 aliphatic heterocycles. The maximum absolute atomic E-state index is 13.0. The standard InChI is InChI=1S/C24H33N5O4/c1-32-21-8-5-19(6-9-21)7-10-23(30)29-12-3-2-4-20(29)11-13-28-18-22(25-26-28)24(31)27-14-16-33-17-15-27/h5-6,8-9,18,20H,2-4,7,10-17H2,1H3. The van der Waals surface area contributed by atoms with Gasteiger partial charge in [-0.2, -0.15) is 0 Å². The van der Waals surface area contributed by atoms with Crippen molar-refractivity contribution in [3.63, 3.8) is 0 Å². The highest BCUT2D eigenvalue weighted by Gasteiger charge is 2.27. The van der Waals surface area contributed by atoms with Crippen molar-refractivity contribution in [2.75, 3.05) is 40.0 Å². The fraction of sp³-hybridized carbons (Fsp3) is 0.583. The molecule has 2 aliphatic rings. The summed E-state index contributed by atoms with van der Waals surface area (Å²) in [7, 11) is 1.65. The second-order valence-electron chi connectivity index (χ2n) is 8.64. The molecule has 1 unspecified atom stereocenters. The molecule has 33 heavy (non-hydrogen) atoms. The average Bonchev–Trinajstić information content (AvgIpc) is 3.35. The molecule has 0 saturated carbocycles. The lowest BCUT2D eigenvalue weighted by molar-refractivity contribution is -0.135. The summed E-state index contributed by atoms with van der Waals surface area (Å²) in [4.78, 5) is 29.4. The van der Waals surface area contributed by atoms with Gasteiger partial charge in [-0.1, -0.05) is 17.3 Å². The fourth-order valence-electron chi connectivity index (χ4n) is 4.53. The summed E-state index contributed by atoms with van der Waals surface area (Å²) in [5.41, 5.74) is 1.51. The molecule has 1 aromatic carbocycles. The van der Waals surface area contributed by atoms with Crippen molar-refractivity contribution in [2.24, 2.45) is 0 Å². The molecule has 1 atom stereocenters. The van der Waals surface area contributed by atoms with E-state index in [1.165, 1.54) is 0 Å². The minimum absolute atomic E-state index is 0.0995. The molecule has 9 heteroatoms. The summed E-state index contributed by atoms with van der Waals surface area (Å²) in [5, 5.41) is 8.23. The van der Waals surface area contributed by atoms with Gasteiger partial charge in [-0.15, -0.1) is 5.10 Å². The lowest BCUT2D eigenvalue weighted by atomic mass is 9.98. The number of aryl methyl sites for hydroxylation is 2. The molecule has 0 spiro atoms. The van der Waals surface area contributed by atoms with Gasteiger partial charge < -0.3 is 19.3 Å². The summed E-state index contributed by atoms with van der Waals surface area (Å²) in [6.07, 6.45) is 6.94. The number of carbonyl (C=O) groups is 2. The van der Waals surface area contributed by atoms with Crippen molar-refractivity contribution in [3.8, 4) is 5.75 Å². The fourth-order valence-corrected chi connectivity index (χ4v) is 4.53. The van der Waals surface area contributed by atoms with Gasteiger partial charge >= 0.3 is 0 Å². The minimum atomic E-state index is -0.0995. The van der Waals surface area contributed by atoms with Crippen LogP contribution in [0, 0.1) is 0 Å². The number of hydrogen-bond acceptors (Lipinski definition) is 6. The molecule has 0 bridgehead atoms. The topological polar surface area (TPSA) is 89.8 Å². The van der Waals surface area contributed by atoms with E-state index in [0.29, 0.717) is 45.0 Å². The second kappa shape index (κ2) is 11.3. The van der Waals surface area contributed by atoms with Gasteiger partial charge in [-0.05, 0) is 49.8 Å². The molecule has 1 aromatic heterocycles. The molecule has 178 valence electrons. The van der Waals surface area contributed by atoms with E-state index in [2.05, 4.69) is 10.3 Å². The van der Waals surface area contributed by atoms with Crippen molar-refractivity contribution < 1.29 is 19.1 Å². The minimum Gasteiger partial charge on any atom is -0.497 e. The van der Waals surface area contributed by atoms with Crippen molar-refractivity contribution in [3.05, 3.63) is 41.7 Å². The number of amides is 2. The molecule has 2 fully saturated rings. The maximum atomic E-state index is 13.0. The summed E-state index contributed by atoms with van der Waals surface area (Å²) < 4.78 is 12.2. The highest BCUT2D eigenvalue weighted by molar-refractivity contribution is 5.92. The summed E-state index contributed by atoms with van der Waals surface area (Å²) >= 11 is 0. The number of piperidine rings is 1. The Morgan fingerprint density at radius 1 is 1.12 bits per heavy atom. The van der Waals surface area contributed by atoms with Crippen molar-refractivity contribution in [1.29, 1.82) is 0 Å². The van der Waals surface area contributed by atoms with Gasteiger partial charge in [0.2, 0.25) is 5.91 Å². The summed E-state index contributed by atoms with van der Waals surface area (Å²) in [6, 6.07) is 8.09. The predicted octanol–water partition coefficient (Wildman–Crippen LogP) is 2.16. The Labute approximate surface area is 194 Å². The Bertz CT molecular complexity index is 923. The van der Waals surface area contributed by atoms with E-state index in [1.807, 2.05) is 29.2 Å². The first-order valence-electron chi connectivity index (χ1n) is 11.8. The third-order valence-electron chi connectivity index (χ3n) is 6.48. The Morgan fingerprint density at radius 2 is 1.91 bits per heavy atom. The zero-order chi connectivity index (χ0) is 23.0. The van der Waals surface area contributed by atoms with Crippen molar-refractivity contribution in [2.45, 2.75) is 51.1 Å². The van der Waals surface area contributed by atoms with E-state index in [9.17, 15) is 9.59 Å². The summed E-state index contributed by atoms with van der Waals surface area (Å²) in [6.45, 7) is 3.73. The lowest BCUT2D eigenvalue weighted by Crippen LogP contribution is -2.44. The van der Waals surface area contributed by atoms with E-state index >= 15 is 0 Å². The van der Waals surface area contributed by atoms with Crippen molar-refractivity contribution in [1.82, 2.24) is 24.8 Å². The van der Waals surface area contributed by atoms with Crippen LogP contribution in [0.25, 0.3) is 0 Å². The van der Waals surface area contributed by atoms with Gasteiger partial charge in [0.1, 0.15) is 5.75 Å². The smallest absolute Gasteiger partial charge is 0.276 e. The molecular weight excluding hydrogens is 422 g/mol. The predicted molar refractivity (Wildman–Crippen MR) is 122 cm³/mol. The average molecular weight is 456 g/mol. The number of carbonyl (C=O) groups excluding carboxylic acids is 2. The van der Waals surface area contributed by atoms with E-state index in [0.717, 1.165) is 50.0 Å². The number of benzene rings is 1. The first-order valence-corrected chi connectivity index (χ1v) is 11.8. The van der Waals surface area contributed by atoms with Crippen LogP contribution < -0.4 is 4.74 Å². The molecule has 4 rings (SSSR count). The first kappa shape index (κ1) is 23.2. The van der Waals surface area contributed by atoms with Crippen LogP contribution in [0.15, 0.2) is 30.5 Å². The van der Waals surface area contributed by atoms with Crippen LogP contribution >= 0.6 is 0 Å². The molecule has 0 radical (unpaired) electrons. The van der Waals surface area contributed by atoms with Crippen LogP contribution in [-0.2, 0) is 22.5 Å². The van der Waals surface area contributed by atoms with Gasteiger partial charge in [-0.25, -0.2) is 0 Å². The quantitative estimate of drug-likeness (QED) is 0.606. The van der Waals surface area contributed by atoms with Gasteiger partial charge in [0, 0.05) is 38.6 Å². The van der Waals surface area contributed by atoms with Gasteiger partial charge in [0.25, 0.3) is 5.91 Å². The third kappa shape index (κ3) is 6.10. The van der Waals surface area contributed by atoms with Gasteiger partial charge in [0.15, 0.2) is 5.69 Å². The largest absolute Gasteiger partial charge is 0.497 e. The molecule has 2 saturated heterocycles. The van der Waals surface area contributed by atoms with Crippen LogP contribution in [0.4, 0.5) is 0 Å². The number of aromatic nitrogens is 3. The second-order valence-corrected chi connectivity index (χ2v) is 8.64. The molecule has 3 heterocycles. The number of morpholine rings is 1. The van der Waals surface area contributed by atoms with Gasteiger partial charge in [-0.3, -0.25) is 14.3 Å². The highest BCUT2D eigenvalue weighted by Crippen LogP contribution is 2.22. The SMILES string of the molecule is COc1ccc(CCC(=O)N2CCCCC2CCn2cc(C(=O)N3CCOCC3)nn2)cc1. The number of ether oxygens (including phenoxy) is 2. The maximum Gasteiger partial charge on any atom is 0.276 e. The number of likely N-dealkylation sites (tertiary alicyclic amines) is 1. The zero-order valence-corrected chi connectivity index (χ0v) is 19.3. The Kier molecular flexibility index (Phi) is 7.93.